The predicted octanol–water partition coefficient (Wildman–Crippen LogP) is 1.46. The van der Waals surface area contributed by atoms with Gasteiger partial charge in [-0.1, -0.05) is 0 Å². The van der Waals surface area contributed by atoms with Gasteiger partial charge in [0.25, 0.3) is 0 Å². The molecular weight excluding hydrogens is 358 g/mol. The van der Waals surface area contributed by atoms with Gasteiger partial charge in [-0.25, -0.2) is 0 Å². The Morgan fingerprint density at radius 1 is 0.857 bits per heavy atom. The maximum Gasteiger partial charge on any atom is 0.109 e. The molecule has 4 aliphatic carbocycles. The van der Waals surface area contributed by atoms with Gasteiger partial charge in [-0.2, -0.15) is 0 Å². The normalized spacial score (nSPS) is 44.9. The summed E-state index contributed by atoms with van der Waals surface area (Å²) in [5.41, 5.74) is 0.509. The van der Waals surface area contributed by atoms with Gasteiger partial charge in [0.05, 0.1) is 31.5 Å². The fourth-order valence-electron chi connectivity index (χ4n) is 6.77. The van der Waals surface area contributed by atoms with Gasteiger partial charge in [0, 0.05) is 19.8 Å². The molecule has 5 rings (SSSR count). The average molecular weight is 398 g/mol. The highest BCUT2D eigenvalue weighted by Gasteiger charge is 2.50. The van der Waals surface area contributed by atoms with Gasteiger partial charge in [-0.3, -0.25) is 0 Å². The van der Waals surface area contributed by atoms with Crippen LogP contribution in [0, 0.1) is 23.2 Å². The Morgan fingerprint density at radius 2 is 1.50 bits per heavy atom. The van der Waals surface area contributed by atoms with Crippen molar-refractivity contribution in [2.45, 2.75) is 82.1 Å². The van der Waals surface area contributed by atoms with Gasteiger partial charge < -0.3 is 30.1 Å². The number of hydrogen-bond donors (Lipinski definition) is 4. The second kappa shape index (κ2) is 9.27. The lowest BCUT2D eigenvalue weighted by molar-refractivity contribution is -0.124. The maximum atomic E-state index is 10.1. The van der Waals surface area contributed by atoms with Crippen LogP contribution in [0.3, 0.4) is 0 Å². The average Bonchev–Trinajstić information content (AvgIpc) is 2.66. The maximum absolute atomic E-state index is 10.1. The molecule has 0 amide bonds. The summed E-state index contributed by atoms with van der Waals surface area (Å²) in [7, 11) is 0. The van der Waals surface area contributed by atoms with Gasteiger partial charge >= 0.3 is 0 Å². The van der Waals surface area contributed by atoms with Crippen LogP contribution in [0.2, 0.25) is 0 Å². The minimum absolute atomic E-state index is 0.186. The largest absolute Gasteiger partial charge is 0.395 e. The van der Waals surface area contributed by atoms with Crippen molar-refractivity contribution in [1.29, 1.82) is 0 Å². The standard InChI is InChI=1S/C22H39NO5/c24-13-18-20(25)21(26)19(12-23-18)28-5-3-1-2-4-27-14-22-9-15-6-16(10-22)8-17(7-15)11-22/h15-21,23-26H,1-14H2/t15?,16?,17?,18-,19-,20+,21-,22?/m1/s1. The van der Waals surface area contributed by atoms with Gasteiger partial charge in [0.15, 0.2) is 0 Å². The third-order valence-corrected chi connectivity index (χ3v) is 7.76. The van der Waals surface area contributed by atoms with Crippen LogP contribution in [0.15, 0.2) is 0 Å². The molecule has 0 aromatic heterocycles. The van der Waals surface area contributed by atoms with E-state index in [1.165, 1.54) is 38.5 Å². The molecule has 0 aromatic rings. The van der Waals surface area contributed by atoms with Crippen molar-refractivity contribution >= 4 is 0 Å². The first kappa shape index (κ1) is 21.0. The highest BCUT2D eigenvalue weighted by atomic mass is 16.5. The van der Waals surface area contributed by atoms with Crippen molar-refractivity contribution in [1.82, 2.24) is 5.32 Å². The SMILES string of the molecule is OC[C@H]1NC[C@@H](OCCCCCOCC23CC4CC(CC(C4)C2)C3)[C@@H](O)[C@H]1O. The van der Waals surface area contributed by atoms with Gasteiger partial charge in [0.1, 0.15) is 6.10 Å². The van der Waals surface area contributed by atoms with E-state index < -0.39 is 24.4 Å². The Hall–Kier alpha value is -0.240. The van der Waals surface area contributed by atoms with E-state index in [4.69, 9.17) is 14.6 Å². The topological polar surface area (TPSA) is 91.2 Å². The molecule has 1 saturated heterocycles. The Labute approximate surface area is 169 Å². The predicted molar refractivity (Wildman–Crippen MR) is 106 cm³/mol. The molecule has 5 fully saturated rings. The van der Waals surface area contributed by atoms with E-state index >= 15 is 0 Å². The first-order valence-corrected chi connectivity index (χ1v) is 11.5. The third-order valence-electron chi connectivity index (χ3n) is 7.76. The molecule has 162 valence electrons. The van der Waals surface area contributed by atoms with Crippen molar-refractivity contribution in [3.8, 4) is 0 Å². The molecule has 0 unspecified atom stereocenters. The number of unbranched alkanes of at least 4 members (excludes halogenated alkanes) is 2. The summed E-state index contributed by atoms with van der Waals surface area (Å²) in [4.78, 5) is 0. The van der Waals surface area contributed by atoms with E-state index in [-0.39, 0.29) is 6.61 Å². The summed E-state index contributed by atoms with van der Waals surface area (Å²) < 4.78 is 11.9. The molecule has 6 nitrogen and oxygen atoms in total. The number of piperidine rings is 1. The Kier molecular flexibility index (Phi) is 6.96. The van der Waals surface area contributed by atoms with Crippen LogP contribution in [0.5, 0.6) is 0 Å². The Bertz CT molecular complexity index is 466. The van der Waals surface area contributed by atoms with Crippen molar-refractivity contribution in [3.05, 3.63) is 0 Å². The van der Waals surface area contributed by atoms with Crippen molar-refractivity contribution < 1.29 is 24.8 Å². The molecule has 1 heterocycles. The van der Waals surface area contributed by atoms with Crippen LogP contribution < -0.4 is 5.32 Å². The molecular formula is C22H39NO5. The van der Waals surface area contributed by atoms with Crippen LogP contribution in [-0.2, 0) is 9.47 Å². The number of hydrogen-bond acceptors (Lipinski definition) is 6. The summed E-state index contributed by atoms with van der Waals surface area (Å²) in [6, 6.07) is -0.471. The van der Waals surface area contributed by atoms with Gasteiger partial charge in [0.2, 0.25) is 0 Å². The lowest BCUT2D eigenvalue weighted by Gasteiger charge is -2.56. The quantitative estimate of drug-likeness (QED) is 0.417. The monoisotopic (exact) mass is 397 g/mol. The number of aliphatic hydroxyl groups excluding tert-OH is 3. The smallest absolute Gasteiger partial charge is 0.109 e. The van der Waals surface area contributed by atoms with E-state index in [1.54, 1.807) is 0 Å². The number of nitrogens with one attached hydrogen (secondary N) is 1. The zero-order valence-corrected chi connectivity index (χ0v) is 17.1. The fourth-order valence-corrected chi connectivity index (χ4v) is 6.77. The molecule has 4 atom stereocenters. The van der Waals surface area contributed by atoms with E-state index in [0.29, 0.717) is 18.6 Å². The van der Waals surface area contributed by atoms with Crippen LogP contribution in [0.4, 0.5) is 0 Å². The summed E-state index contributed by atoms with van der Waals surface area (Å²) in [6.45, 7) is 2.66. The highest BCUT2D eigenvalue weighted by Crippen LogP contribution is 2.60. The second-order valence-electron chi connectivity index (χ2n) is 10.1. The molecule has 28 heavy (non-hydrogen) atoms. The summed E-state index contributed by atoms with van der Waals surface area (Å²) in [5.74, 6) is 2.97. The van der Waals surface area contributed by atoms with Crippen molar-refractivity contribution in [2.24, 2.45) is 23.2 Å². The number of aliphatic hydroxyl groups is 3. The fraction of sp³-hybridized carbons (Fsp3) is 1.00. The lowest BCUT2D eigenvalue weighted by atomic mass is 9.50. The van der Waals surface area contributed by atoms with Crippen molar-refractivity contribution in [3.63, 3.8) is 0 Å². The van der Waals surface area contributed by atoms with E-state index in [9.17, 15) is 10.2 Å². The van der Waals surface area contributed by atoms with E-state index in [2.05, 4.69) is 5.32 Å². The van der Waals surface area contributed by atoms with Crippen LogP contribution in [0.1, 0.15) is 57.8 Å². The third kappa shape index (κ3) is 4.73. The molecule has 4 bridgehead atoms. The van der Waals surface area contributed by atoms with E-state index in [0.717, 1.165) is 50.2 Å². The van der Waals surface area contributed by atoms with Crippen molar-refractivity contribution in [2.75, 3.05) is 33.0 Å². The van der Waals surface area contributed by atoms with E-state index in [1.807, 2.05) is 0 Å². The summed E-state index contributed by atoms with van der Waals surface area (Å²) >= 11 is 0. The molecule has 5 aliphatic rings. The molecule has 0 radical (unpaired) electrons. The van der Waals surface area contributed by atoms with Crippen LogP contribution in [0.25, 0.3) is 0 Å². The van der Waals surface area contributed by atoms with Crippen LogP contribution in [-0.4, -0.2) is 72.6 Å². The first-order valence-electron chi connectivity index (χ1n) is 11.5. The number of ether oxygens (including phenoxy) is 2. The minimum atomic E-state index is -0.985. The minimum Gasteiger partial charge on any atom is -0.395 e. The van der Waals surface area contributed by atoms with Crippen LogP contribution >= 0.6 is 0 Å². The summed E-state index contributed by atoms with van der Waals surface area (Å²) in [5, 5.41) is 32.2. The zero-order valence-electron chi connectivity index (χ0n) is 17.1. The first-order chi connectivity index (χ1) is 13.6. The molecule has 4 N–H and O–H groups in total. The highest BCUT2D eigenvalue weighted by molar-refractivity contribution is 5.01. The molecule has 0 spiro atoms. The molecule has 4 saturated carbocycles. The number of rotatable bonds is 10. The Balaban J connectivity index is 1.05. The van der Waals surface area contributed by atoms with Gasteiger partial charge in [-0.05, 0) is 81.0 Å². The lowest BCUT2D eigenvalue weighted by Crippen LogP contribution is -2.61. The molecule has 0 aromatic carbocycles. The molecule has 6 heteroatoms. The second-order valence-corrected chi connectivity index (χ2v) is 10.1. The Morgan fingerprint density at radius 3 is 2.14 bits per heavy atom. The zero-order chi connectivity index (χ0) is 19.6. The molecule has 1 aliphatic heterocycles. The van der Waals surface area contributed by atoms with Gasteiger partial charge in [-0.15, -0.1) is 0 Å². The summed E-state index contributed by atoms with van der Waals surface area (Å²) in [6.07, 6.45) is 9.40.